The summed E-state index contributed by atoms with van der Waals surface area (Å²) in [6.07, 6.45) is 5.81. The number of rotatable bonds is 3. The van der Waals surface area contributed by atoms with E-state index in [1.165, 1.54) is 6.42 Å². The van der Waals surface area contributed by atoms with Gasteiger partial charge in [0.25, 0.3) is 0 Å². The zero-order valence-electron chi connectivity index (χ0n) is 10.2. The first-order chi connectivity index (χ1) is 8.12. The summed E-state index contributed by atoms with van der Waals surface area (Å²) in [5.74, 6) is -0.157. The van der Waals surface area contributed by atoms with Crippen molar-refractivity contribution in [2.75, 3.05) is 19.6 Å². The summed E-state index contributed by atoms with van der Waals surface area (Å²) in [6, 6.07) is 0. The third kappa shape index (κ3) is 2.77. The number of hydrogen-bond acceptors (Lipinski definition) is 3. The van der Waals surface area contributed by atoms with Crippen molar-refractivity contribution in [1.29, 1.82) is 0 Å². The Morgan fingerprint density at radius 3 is 2.29 bits per heavy atom. The SMILES string of the molecule is NC1(C(=O)NCC(=O)N2CCCCC2)CCC1. The number of carbonyl (C=O) groups is 2. The van der Waals surface area contributed by atoms with Gasteiger partial charge in [-0.25, -0.2) is 0 Å². The van der Waals surface area contributed by atoms with Crippen LogP contribution < -0.4 is 11.1 Å². The topological polar surface area (TPSA) is 75.4 Å². The van der Waals surface area contributed by atoms with Gasteiger partial charge in [0.2, 0.25) is 11.8 Å². The van der Waals surface area contributed by atoms with Crippen molar-refractivity contribution in [2.45, 2.75) is 44.1 Å². The third-order valence-corrected chi connectivity index (χ3v) is 3.81. The van der Waals surface area contributed by atoms with Crippen molar-refractivity contribution in [3.63, 3.8) is 0 Å². The predicted octanol–water partition coefficient (Wildman–Crippen LogP) is -0.00350. The second-order valence-corrected chi connectivity index (χ2v) is 5.13. The minimum atomic E-state index is -0.706. The second kappa shape index (κ2) is 5.04. The van der Waals surface area contributed by atoms with E-state index in [9.17, 15) is 9.59 Å². The summed E-state index contributed by atoms with van der Waals surface area (Å²) < 4.78 is 0. The number of nitrogens with two attached hydrogens (primary N) is 1. The van der Waals surface area contributed by atoms with Crippen LogP contribution in [-0.2, 0) is 9.59 Å². The van der Waals surface area contributed by atoms with Crippen LogP contribution in [0.15, 0.2) is 0 Å². The van der Waals surface area contributed by atoms with E-state index in [1.807, 2.05) is 4.90 Å². The Hall–Kier alpha value is -1.10. The number of piperidine rings is 1. The molecule has 0 aromatic carbocycles. The predicted molar refractivity (Wildman–Crippen MR) is 64.2 cm³/mol. The average molecular weight is 239 g/mol. The molecule has 17 heavy (non-hydrogen) atoms. The first-order valence-corrected chi connectivity index (χ1v) is 6.47. The lowest BCUT2D eigenvalue weighted by atomic mass is 9.77. The zero-order valence-corrected chi connectivity index (χ0v) is 10.2. The molecule has 0 bridgehead atoms. The first-order valence-electron chi connectivity index (χ1n) is 6.47. The van der Waals surface area contributed by atoms with E-state index in [4.69, 9.17) is 5.73 Å². The first kappa shape index (κ1) is 12.4. The summed E-state index contributed by atoms with van der Waals surface area (Å²) in [7, 11) is 0. The molecule has 1 saturated carbocycles. The van der Waals surface area contributed by atoms with E-state index in [-0.39, 0.29) is 18.4 Å². The second-order valence-electron chi connectivity index (χ2n) is 5.13. The summed E-state index contributed by atoms with van der Waals surface area (Å²) in [4.78, 5) is 25.4. The van der Waals surface area contributed by atoms with Crippen LogP contribution in [0.3, 0.4) is 0 Å². The van der Waals surface area contributed by atoms with Crippen molar-refractivity contribution >= 4 is 11.8 Å². The molecule has 2 fully saturated rings. The monoisotopic (exact) mass is 239 g/mol. The average Bonchev–Trinajstić information content (AvgIpc) is 2.33. The molecule has 0 aromatic heterocycles. The Labute approximate surface area is 102 Å². The normalized spacial score (nSPS) is 22.8. The quantitative estimate of drug-likeness (QED) is 0.727. The Balaban J connectivity index is 1.73. The maximum atomic E-state index is 11.8. The number of amides is 2. The molecule has 0 atom stereocenters. The molecule has 5 nitrogen and oxygen atoms in total. The van der Waals surface area contributed by atoms with Crippen LogP contribution in [0.1, 0.15) is 38.5 Å². The Kier molecular flexibility index (Phi) is 3.66. The van der Waals surface area contributed by atoms with E-state index in [0.717, 1.165) is 45.2 Å². The number of nitrogens with one attached hydrogen (secondary N) is 1. The maximum absolute atomic E-state index is 11.8. The minimum absolute atomic E-state index is 0.0148. The molecule has 96 valence electrons. The number of hydrogen-bond donors (Lipinski definition) is 2. The molecule has 2 aliphatic rings. The third-order valence-electron chi connectivity index (χ3n) is 3.81. The van der Waals surface area contributed by atoms with Gasteiger partial charge in [-0.1, -0.05) is 0 Å². The van der Waals surface area contributed by atoms with E-state index in [0.29, 0.717) is 0 Å². The standard InChI is InChI=1S/C12H21N3O2/c13-12(5-4-6-12)11(17)14-9-10(16)15-7-2-1-3-8-15/h1-9,13H2,(H,14,17). The van der Waals surface area contributed by atoms with Gasteiger partial charge in [-0.05, 0) is 38.5 Å². The van der Waals surface area contributed by atoms with Crippen LogP contribution in [0.5, 0.6) is 0 Å². The molecule has 1 saturated heterocycles. The lowest BCUT2D eigenvalue weighted by Gasteiger charge is -2.36. The van der Waals surface area contributed by atoms with Gasteiger partial charge < -0.3 is 16.0 Å². The smallest absolute Gasteiger partial charge is 0.241 e. The van der Waals surface area contributed by atoms with Gasteiger partial charge >= 0.3 is 0 Å². The molecule has 0 aromatic rings. The highest BCUT2D eigenvalue weighted by Gasteiger charge is 2.40. The fraction of sp³-hybridized carbons (Fsp3) is 0.833. The number of nitrogens with zero attached hydrogens (tertiary/aromatic N) is 1. The van der Waals surface area contributed by atoms with Crippen molar-refractivity contribution in [3.05, 3.63) is 0 Å². The Morgan fingerprint density at radius 2 is 1.76 bits per heavy atom. The summed E-state index contributed by atoms with van der Waals surface area (Å²) >= 11 is 0. The molecule has 3 N–H and O–H groups in total. The molecule has 0 unspecified atom stereocenters. The molecule has 0 radical (unpaired) electrons. The fourth-order valence-corrected chi connectivity index (χ4v) is 2.37. The van der Waals surface area contributed by atoms with Gasteiger partial charge in [0.15, 0.2) is 0 Å². The summed E-state index contributed by atoms with van der Waals surface area (Å²) in [5.41, 5.74) is 5.17. The highest BCUT2D eigenvalue weighted by molar-refractivity contribution is 5.90. The largest absolute Gasteiger partial charge is 0.345 e. The summed E-state index contributed by atoms with van der Waals surface area (Å²) in [5, 5.41) is 2.67. The van der Waals surface area contributed by atoms with Crippen LogP contribution >= 0.6 is 0 Å². The van der Waals surface area contributed by atoms with Gasteiger partial charge in [-0.3, -0.25) is 9.59 Å². The molecule has 1 aliphatic carbocycles. The van der Waals surface area contributed by atoms with E-state index in [2.05, 4.69) is 5.32 Å². The van der Waals surface area contributed by atoms with E-state index < -0.39 is 5.54 Å². The van der Waals surface area contributed by atoms with Crippen LogP contribution in [0.2, 0.25) is 0 Å². The van der Waals surface area contributed by atoms with Crippen molar-refractivity contribution < 1.29 is 9.59 Å². The van der Waals surface area contributed by atoms with Crippen molar-refractivity contribution in [2.24, 2.45) is 5.73 Å². The fourth-order valence-electron chi connectivity index (χ4n) is 2.37. The lowest BCUT2D eigenvalue weighted by molar-refractivity contribution is -0.136. The maximum Gasteiger partial charge on any atom is 0.241 e. The van der Waals surface area contributed by atoms with Crippen LogP contribution in [-0.4, -0.2) is 41.9 Å². The highest BCUT2D eigenvalue weighted by Crippen LogP contribution is 2.28. The van der Waals surface area contributed by atoms with Gasteiger partial charge in [0.05, 0.1) is 12.1 Å². The zero-order chi connectivity index (χ0) is 12.3. The molecule has 0 spiro atoms. The van der Waals surface area contributed by atoms with Crippen molar-refractivity contribution in [3.8, 4) is 0 Å². The molecule has 1 heterocycles. The molecule has 1 aliphatic heterocycles. The van der Waals surface area contributed by atoms with E-state index >= 15 is 0 Å². The number of carbonyl (C=O) groups excluding carboxylic acids is 2. The van der Waals surface area contributed by atoms with Gasteiger partial charge in [0, 0.05) is 13.1 Å². The van der Waals surface area contributed by atoms with Crippen LogP contribution in [0.25, 0.3) is 0 Å². The molecular weight excluding hydrogens is 218 g/mol. The van der Waals surface area contributed by atoms with Gasteiger partial charge in [-0.15, -0.1) is 0 Å². The van der Waals surface area contributed by atoms with E-state index in [1.54, 1.807) is 0 Å². The number of likely N-dealkylation sites (tertiary alicyclic amines) is 1. The molecular formula is C12H21N3O2. The highest BCUT2D eigenvalue weighted by atomic mass is 16.2. The molecule has 5 heteroatoms. The summed E-state index contributed by atoms with van der Waals surface area (Å²) in [6.45, 7) is 1.74. The van der Waals surface area contributed by atoms with Crippen LogP contribution in [0.4, 0.5) is 0 Å². The van der Waals surface area contributed by atoms with Crippen LogP contribution in [0, 0.1) is 0 Å². The van der Waals surface area contributed by atoms with Gasteiger partial charge in [0.1, 0.15) is 0 Å². The minimum Gasteiger partial charge on any atom is -0.345 e. The van der Waals surface area contributed by atoms with Gasteiger partial charge in [-0.2, -0.15) is 0 Å². The molecule has 2 amide bonds. The Bertz CT molecular complexity index is 307. The Morgan fingerprint density at radius 1 is 1.12 bits per heavy atom. The molecule has 2 rings (SSSR count). The van der Waals surface area contributed by atoms with Crippen molar-refractivity contribution in [1.82, 2.24) is 10.2 Å². The lowest BCUT2D eigenvalue weighted by Crippen LogP contribution is -2.59.